The van der Waals surface area contributed by atoms with Gasteiger partial charge < -0.3 is 4.90 Å². The lowest BCUT2D eigenvalue weighted by atomic mass is 10.0. The van der Waals surface area contributed by atoms with Crippen molar-refractivity contribution in [3.05, 3.63) is 47.5 Å². The quantitative estimate of drug-likeness (QED) is 0.590. The molecule has 0 aliphatic rings. The first-order valence-corrected chi connectivity index (χ1v) is 8.51. The highest BCUT2D eigenvalue weighted by atomic mass is 15.2. The van der Waals surface area contributed by atoms with Crippen LogP contribution in [0.3, 0.4) is 0 Å². The van der Waals surface area contributed by atoms with Crippen LogP contribution in [-0.4, -0.2) is 43.5 Å². The van der Waals surface area contributed by atoms with Gasteiger partial charge in [0.2, 0.25) is 0 Å². The van der Waals surface area contributed by atoms with Crippen LogP contribution >= 0.6 is 0 Å². The molecule has 1 aromatic carbocycles. The van der Waals surface area contributed by atoms with E-state index in [-0.39, 0.29) is 0 Å². The van der Waals surface area contributed by atoms with Crippen LogP contribution in [0, 0.1) is 5.92 Å². The van der Waals surface area contributed by atoms with Gasteiger partial charge in [0.05, 0.1) is 0 Å². The summed E-state index contributed by atoms with van der Waals surface area (Å²) in [4.78, 5) is 4.87. The smallest absolute Gasteiger partial charge is 0.0234 e. The van der Waals surface area contributed by atoms with Crippen molar-refractivity contribution in [1.29, 1.82) is 0 Å². The van der Waals surface area contributed by atoms with E-state index in [1.807, 2.05) is 0 Å². The molecule has 0 heterocycles. The van der Waals surface area contributed by atoms with Crippen LogP contribution in [0.1, 0.15) is 39.2 Å². The van der Waals surface area contributed by atoms with E-state index >= 15 is 0 Å². The van der Waals surface area contributed by atoms with Crippen LogP contribution in [-0.2, 0) is 6.54 Å². The summed E-state index contributed by atoms with van der Waals surface area (Å²) in [6.45, 7) is 11.2. The van der Waals surface area contributed by atoms with Crippen LogP contribution in [0.5, 0.6) is 0 Å². The molecule has 0 aliphatic heterocycles. The molecule has 2 nitrogen and oxygen atoms in total. The average molecular weight is 303 g/mol. The van der Waals surface area contributed by atoms with Gasteiger partial charge in [-0.3, -0.25) is 4.90 Å². The molecule has 0 unspecified atom stereocenters. The van der Waals surface area contributed by atoms with Gasteiger partial charge in [-0.25, -0.2) is 0 Å². The van der Waals surface area contributed by atoms with E-state index in [9.17, 15) is 0 Å². The van der Waals surface area contributed by atoms with Crippen LogP contribution in [0.25, 0.3) is 0 Å². The highest BCUT2D eigenvalue weighted by molar-refractivity contribution is 5.14. The molecule has 1 atom stereocenters. The molecular formula is C20H34N2. The molecule has 22 heavy (non-hydrogen) atoms. The van der Waals surface area contributed by atoms with Gasteiger partial charge in [-0.15, -0.1) is 0 Å². The molecule has 0 N–H and O–H groups in total. The van der Waals surface area contributed by atoms with E-state index < -0.39 is 0 Å². The van der Waals surface area contributed by atoms with Gasteiger partial charge in [-0.05, 0) is 52.3 Å². The zero-order chi connectivity index (χ0) is 16.4. The number of rotatable bonds is 10. The lowest BCUT2D eigenvalue weighted by molar-refractivity contribution is 0.203. The van der Waals surface area contributed by atoms with Gasteiger partial charge in [0.1, 0.15) is 0 Å². The maximum absolute atomic E-state index is 2.60. The minimum absolute atomic E-state index is 0.737. The van der Waals surface area contributed by atoms with Crippen molar-refractivity contribution in [3.8, 4) is 0 Å². The molecular weight excluding hydrogens is 268 g/mol. The van der Waals surface area contributed by atoms with E-state index in [2.05, 4.69) is 81.1 Å². The van der Waals surface area contributed by atoms with E-state index in [4.69, 9.17) is 0 Å². The Balaban J connectivity index is 2.51. The standard InChI is InChI=1S/C20H34N2/c1-18(2)10-9-11-19(3)16-22(15-14-21(4)5)17-20-12-7-6-8-13-20/h6-8,10,12-13,19H,9,11,14-17H2,1-5H3/t19-/m1/s1. The summed E-state index contributed by atoms with van der Waals surface area (Å²) < 4.78 is 0. The third kappa shape index (κ3) is 9.01. The molecule has 0 radical (unpaired) electrons. The van der Waals surface area contributed by atoms with Crippen LogP contribution < -0.4 is 0 Å². The third-order valence-electron chi connectivity index (χ3n) is 3.89. The summed E-state index contributed by atoms with van der Waals surface area (Å²) in [5.74, 6) is 0.737. The maximum atomic E-state index is 2.60. The van der Waals surface area contributed by atoms with Gasteiger partial charge in [0.15, 0.2) is 0 Å². The average Bonchev–Trinajstić information content (AvgIpc) is 2.45. The molecule has 1 aromatic rings. The molecule has 0 amide bonds. The van der Waals surface area contributed by atoms with Crippen LogP contribution in [0.2, 0.25) is 0 Å². The second-order valence-electron chi connectivity index (χ2n) is 6.99. The fourth-order valence-electron chi connectivity index (χ4n) is 2.61. The third-order valence-corrected chi connectivity index (χ3v) is 3.89. The molecule has 0 aliphatic carbocycles. The topological polar surface area (TPSA) is 6.48 Å². The number of hydrogen-bond donors (Lipinski definition) is 0. The van der Waals surface area contributed by atoms with E-state index in [1.165, 1.54) is 30.5 Å². The Hall–Kier alpha value is -1.12. The lowest BCUT2D eigenvalue weighted by Crippen LogP contribution is -2.34. The van der Waals surface area contributed by atoms with Gasteiger partial charge >= 0.3 is 0 Å². The van der Waals surface area contributed by atoms with Gasteiger partial charge in [0, 0.05) is 26.2 Å². The summed E-state index contributed by atoms with van der Waals surface area (Å²) in [5.41, 5.74) is 2.85. The number of allylic oxidation sites excluding steroid dienone is 2. The van der Waals surface area contributed by atoms with Gasteiger partial charge in [-0.2, -0.15) is 0 Å². The van der Waals surface area contributed by atoms with Crippen molar-refractivity contribution in [2.45, 2.75) is 40.2 Å². The molecule has 0 fully saturated rings. The summed E-state index contributed by atoms with van der Waals surface area (Å²) in [6.07, 6.45) is 4.84. The Morgan fingerprint density at radius 2 is 1.77 bits per heavy atom. The van der Waals surface area contributed by atoms with Crippen molar-refractivity contribution < 1.29 is 0 Å². The highest BCUT2D eigenvalue weighted by Gasteiger charge is 2.11. The summed E-state index contributed by atoms with van der Waals surface area (Å²) in [7, 11) is 4.30. The SMILES string of the molecule is CC(C)=CCC[C@@H](C)CN(CCN(C)C)Cc1ccccc1. The molecule has 124 valence electrons. The summed E-state index contributed by atoms with van der Waals surface area (Å²) in [5, 5.41) is 0. The summed E-state index contributed by atoms with van der Waals surface area (Å²) >= 11 is 0. The Kier molecular flexibility index (Phi) is 9.10. The number of hydrogen-bond acceptors (Lipinski definition) is 2. The fraction of sp³-hybridized carbons (Fsp3) is 0.600. The van der Waals surface area contributed by atoms with Crippen molar-refractivity contribution >= 4 is 0 Å². The Morgan fingerprint density at radius 1 is 1.09 bits per heavy atom. The first kappa shape index (κ1) is 18.9. The van der Waals surface area contributed by atoms with E-state index in [0.717, 1.165) is 25.6 Å². The number of likely N-dealkylation sites (N-methyl/N-ethyl adjacent to an activating group) is 1. The lowest BCUT2D eigenvalue weighted by Gasteiger charge is -2.27. The molecule has 0 saturated carbocycles. The predicted molar refractivity (Wildman–Crippen MR) is 98.1 cm³/mol. The Labute approximate surface area is 137 Å². The van der Waals surface area contributed by atoms with Crippen molar-refractivity contribution in [3.63, 3.8) is 0 Å². The van der Waals surface area contributed by atoms with E-state index in [0.29, 0.717) is 0 Å². The van der Waals surface area contributed by atoms with Crippen LogP contribution in [0.4, 0.5) is 0 Å². The molecule has 0 bridgehead atoms. The predicted octanol–water partition coefficient (Wildman–Crippen LogP) is 4.43. The first-order valence-electron chi connectivity index (χ1n) is 8.51. The molecule has 0 saturated heterocycles. The van der Waals surface area contributed by atoms with Crippen molar-refractivity contribution in [2.24, 2.45) is 5.92 Å². The second kappa shape index (κ2) is 10.6. The number of nitrogens with zero attached hydrogens (tertiary/aromatic N) is 2. The maximum Gasteiger partial charge on any atom is 0.0234 e. The zero-order valence-electron chi connectivity index (χ0n) is 15.2. The molecule has 2 heteroatoms. The summed E-state index contributed by atoms with van der Waals surface area (Å²) in [6, 6.07) is 10.8. The van der Waals surface area contributed by atoms with Crippen LogP contribution in [0.15, 0.2) is 42.0 Å². The van der Waals surface area contributed by atoms with Gasteiger partial charge in [-0.1, -0.05) is 48.9 Å². The van der Waals surface area contributed by atoms with Crippen molar-refractivity contribution in [2.75, 3.05) is 33.7 Å². The molecule has 0 aromatic heterocycles. The largest absolute Gasteiger partial charge is 0.308 e. The Morgan fingerprint density at radius 3 is 2.36 bits per heavy atom. The first-order chi connectivity index (χ1) is 10.5. The molecule has 1 rings (SSSR count). The normalized spacial score (nSPS) is 12.7. The monoisotopic (exact) mass is 302 g/mol. The highest BCUT2D eigenvalue weighted by Crippen LogP contribution is 2.12. The van der Waals surface area contributed by atoms with Crippen molar-refractivity contribution in [1.82, 2.24) is 9.80 Å². The minimum atomic E-state index is 0.737. The Bertz CT molecular complexity index is 419. The zero-order valence-corrected chi connectivity index (χ0v) is 15.2. The molecule has 0 spiro atoms. The van der Waals surface area contributed by atoms with Gasteiger partial charge in [0.25, 0.3) is 0 Å². The second-order valence-corrected chi connectivity index (χ2v) is 6.99. The van der Waals surface area contributed by atoms with E-state index in [1.54, 1.807) is 0 Å². The fourth-order valence-corrected chi connectivity index (χ4v) is 2.61. The number of benzene rings is 1. The minimum Gasteiger partial charge on any atom is -0.308 e.